The molecule has 1 heterocycles. The maximum absolute atomic E-state index is 9.48. The van der Waals surface area contributed by atoms with Crippen molar-refractivity contribution in [3.63, 3.8) is 0 Å². The summed E-state index contributed by atoms with van der Waals surface area (Å²) in [5.41, 5.74) is 1.04. The molecule has 0 fully saturated rings. The van der Waals surface area contributed by atoms with Crippen LogP contribution in [-0.2, 0) is 7.05 Å². The number of nitrogens with zero attached hydrogens (tertiary/aromatic N) is 1. The van der Waals surface area contributed by atoms with Crippen molar-refractivity contribution in [2.45, 2.75) is 0 Å². The average molecular weight is 160 g/mol. The fourth-order valence-electron chi connectivity index (χ4n) is 1.37. The summed E-state index contributed by atoms with van der Waals surface area (Å²) in [6, 6.07) is 9.35. The Kier molecular flexibility index (Phi) is 1.47. The molecule has 0 saturated heterocycles. The van der Waals surface area contributed by atoms with Gasteiger partial charge in [-0.15, -0.1) is 0 Å². The number of aryl methyl sites for hydroxylation is 1. The number of hydrogen-bond acceptors (Lipinski definition) is 1. The largest absolute Gasteiger partial charge is 0.507 e. The van der Waals surface area contributed by atoms with Gasteiger partial charge in [-0.25, -0.2) is 4.57 Å². The van der Waals surface area contributed by atoms with E-state index in [1.54, 1.807) is 6.07 Å². The first-order valence-electron chi connectivity index (χ1n) is 3.85. The van der Waals surface area contributed by atoms with Crippen LogP contribution in [-0.4, -0.2) is 5.11 Å². The molecule has 60 valence electrons. The van der Waals surface area contributed by atoms with Crippen molar-refractivity contribution in [3.05, 3.63) is 36.5 Å². The van der Waals surface area contributed by atoms with Crippen molar-refractivity contribution < 1.29 is 9.67 Å². The van der Waals surface area contributed by atoms with Gasteiger partial charge in [-0.1, -0.05) is 6.07 Å². The summed E-state index contributed by atoms with van der Waals surface area (Å²) < 4.78 is 1.98. The Balaban J connectivity index is 2.94. The summed E-state index contributed by atoms with van der Waals surface area (Å²) in [6.45, 7) is 0. The number of rotatable bonds is 0. The lowest BCUT2D eigenvalue weighted by atomic mass is 10.2. The van der Waals surface area contributed by atoms with E-state index < -0.39 is 0 Å². The standard InChI is InChI=1S/C10H9NO/c1-11-7-3-4-8-9(11)5-2-6-10(8)12/h2-7H,1H3/p+1. The average Bonchev–Trinajstić information content (AvgIpc) is 2.07. The van der Waals surface area contributed by atoms with Crippen LogP contribution in [0, 0.1) is 0 Å². The Morgan fingerprint density at radius 1 is 1.17 bits per heavy atom. The van der Waals surface area contributed by atoms with Gasteiger partial charge in [0.05, 0.1) is 5.39 Å². The Morgan fingerprint density at radius 2 is 2.00 bits per heavy atom. The van der Waals surface area contributed by atoms with E-state index >= 15 is 0 Å². The number of aromatic hydroxyl groups is 1. The molecule has 2 nitrogen and oxygen atoms in total. The quantitative estimate of drug-likeness (QED) is 0.578. The first-order valence-corrected chi connectivity index (χ1v) is 3.85. The molecule has 0 aliphatic heterocycles. The summed E-state index contributed by atoms with van der Waals surface area (Å²) >= 11 is 0. The van der Waals surface area contributed by atoms with Gasteiger partial charge in [0.15, 0.2) is 6.20 Å². The summed E-state index contributed by atoms with van der Waals surface area (Å²) in [5, 5.41) is 10.4. The molecule has 2 heteroatoms. The van der Waals surface area contributed by atoms with Gasteiger partial charge in [-0.3, -0.25) is 0 Å². The highest BCUT2D eigenvalue weighted by Crippen LogP contribution is 2.20. The van der Waals surface area contributed by atoms with E-state index in [0.717, 1.165) is 10.9 Å². The zero-order valence-corrected chi connectivity index (χ0v) is 6.86. The lowest BCUT2D eigenvalue weighted by Gasteiger charge is -1.97. The number of phenolic OH excluding ortho intramolecular Hbond substituents is 1. The van der Waals surface area contributed by atoms with Gasteiger partial charge in [0.1, 0.15) is 12.8 Å². The molecule has 1 aromatic carbocycles. The maximum Gasteiger partial charge on any atom is 0.216 e. The van der Waals surface area contributed by atoms with Crippen LogP contribution in [0.3, 0.4) is 0 Å². The van der Waals surface area contributed by atoms with Crippen LogP contribution in [0.5, 0.6) is 5.75 Å². The molecule has 2 aromatic rings. The van der Waals surface area contributed by atoms with E-state index in [2.05, 4.69) is 0 Å². The zero-order chi connectivity index (χ0) is 8.55. The van der Waals surface area contributed by atoms with E-state index in [1.165, 1.54) is 0 Å². The predicted molar refractivity (Wildman–Crippen MR) is 46.8 cm³/mol. The van der Waals surface area contributed by atoms with Crippen molar-refractivity contribution in [2.24, 2.45) is 7.05 Å². The second kappa shape index (κ2) is 2.48. The molecule has 0 saturated carbocycles. The number of hydrogen-bond donors (Lipinski definition) is 1. The molecule has 0 aliphatic carbocycles. The Morgan fingerprint density at radius 3 is 2.75 bits per heavy atom. The summed E-state index contributed by atoms with van der Waals surface area (Å²) in [5.74, 6) is 0.337. The predicted octanol–water partition coefficient (Wildman–Crippen LogP) is 1.37. The fraction of sp³-hybridized carbons (Fsp3) is 0.100. The number of pyridine rings is 1. The minimum absolute atomic E-state index is 0.337. The van der Waals surface area contributed by atoms with Gasteiger partial charge in [-0.05, 0) is 12.1 Å². The van der Waals surface area contributed by atoms with Gasteiger partial charge < -0.3 is 5.11 Å². The fourth-order valence-corrected chi connectivity index (χ4v) is 1.37. The first kappa shape index (κ1) is 7.10. The Bertz CT molecular complexity index is 382. The van der Waals surface area contributed by atoms with Gasteiger partial charge in [0.2, 0.25) is 5.52 Å². The molecule has 0 radical (unpaired) electrons. The molecule has 0 aliphatic rings. The second-order valence-electron chi connectivity index (χ2n) is 2.83. The van der Waals surface area contributed by atoms with E-state index in [4.69, 9.17) is 0 Å². The first-order chi connectivity index (χ1) is 5.79. The number of aromatic nitrogens is 1. The normalized spacial score (nSPS) is 10.4. The lowest BCUT2D eigenvalue weighted by Crippen LogP contribution is -2.27. The molecule has 0 spiro atoms. The van der Waals surface area contributed by atoms with Crippen LogP contribution >= 0.6 is 0 Å². The smallest absolute Gasteiger partial charge is 0.216 e. The zero-order valence-electron chi connectivity index (χ0n) is 6.86. The summed E-state index contributed by atoms with van der Waals surface area (Å²) in [6.07, 6.45) is 1.96. The highest BCUT2D eigenvalue weighted by Gasteiger charge is 2.05. The van der Waals surface area contributed by atoms with E-state index in [9.17, 15) is 5.11 Å². The van der Waals surface area contributed by atoms with E-state index in [1.807, 2.05) is 42.1 Å². The molecule has 2 rings (SSSR count). The highest BCUT2D eigenvalue weighted by atomic mass is 16.3. The van der Waals surface area contributed by atoms with Gasteiger partial charge >= 0.3 is 0 Å². The number of benzene rings is 1. The summed E-state index contributed by atoms with van der Waals surface area (Å²) in [4.78, 5) is 0. The molecule has 12 heavy (non-hydrogen) atoms. The van der Waals surface area contributed by atoms with Crippen LogP contribution in [0.15, 0.2) is 36.5 Å². The molecular formula is C10H10NO+. The highest BCUT2D eigenvalue weighted by molar-refractivity contribution is 5.81. The minimum atomic E-state index is 0.337. The van der Waals surface area contributed by atoms with Gasteiger partial charge in [0, 0.05) is 12.1 Å². The van der Waals surface area contributed by atoms with Gasteiger partial charge in [0.25, 0.3) is 0 Å². The van der Waals surface area contributed by atoms with Crippen molar-refractivity contribution in [3.8, 4) is 5.75 Å². The molecule has 1 N–H and O–H groups in total. The summed E-state index contributed by atoms with van der Waals surface area (Å²) in [7, 11) is 1.96. The molecule has 0 bridgehead atoms. The maximum atomic E-state index is 9.48. The number of fused-ring (bicyclic) bond motifs is 1. The third-order valence-electron chi connectivity index (χ3n) is 2.01. The number of phenols is 1. The van der Waals surface area contributed by atoms with Crippen LogP contribution in [0.2, 0.25) is 0 Å². The van der Waals surface area contributed by atoms with Crippen molar-refractivity contribution in [1.29, 1.82) is 0 Å². The lowest BCUT2D eigenvalue weighted by molar-refractivity contribution is -0.644. The molecule has 1 aromatic heterocycles. The molecule has 0 atom stereocenters. The molecular weight excluding hydrogens is 150 g/mol. The monoisotopic (exact) mass is 160 g/mol. The topological polar surface area (TPSA) is 24.1 Å². The third-order valence-corrected chi connectivity index (χ3v) is 2.01. The Labute approximate surface area is 70.7 Å². The second-order valence-corrected chi connectivity index (χ2v) is 2.83. The van der Waals surface area contributed by atoms with E-state index in [-0.39, 0.29) is 0 Å². The molecule has 0 unspecified atom stereocenters. The van der Waals surface area contributed by atoms with Gasteiger partial charge in [-0.2, -0.15) is 0 Å². The SMILES string of the molecule is C[n+]1cccc2c(O)cccc21. The van der Waals surface area contributed by atoms with E-state index in [0.29, 0.717) is 5.75 Å². The van der Waals surface area contributed by atoms with Crippen molar-refractivity contribution in [1.82, 2.24) is 0 Å². The van der Waals surface area contributed by atoms with Crippen molar-refractivity contribution >= 4 is 10.9 Å². The van der Waals surface area contributed by atoms with Crippen LogP contribution in [0.1, 0.15) is 0 Å². The minimum Gasteiger partial charge on any atom is -0.507 e. The third kappa shape index (κ3) is 0.925. The van der Waals surface area contributed by atoms with Crippen molar-refractivity contribution in [2.75, 3.05) is 0 Å². The Hall–Kier alpha value is -1.57. The van der Waals surface area contributed by atoms with Crippen LogP contribution < -0.4 is 4.57 Å². The van der Waals surface area contributed by atoms with Crippen LogP contribution in [0.4, 0.5) is 0 Å². The van der Waals surface area contributed by atoms with Crippen LogP contribution in [0.25, 0.3) is 10.9 Å². The molecule has 0 amide bonds.